The monoisotopic (exact) mass is 469 g/mol. The van der Waals surface area contributed by atoms with Crippen LogP contribution in [-0.4, -0.2) is 43.0 Å². The summed E-state index contributed by atoms with van der Waals surface area (Å²) in [5.74, 6) is -2.15. The number of nitrogens with one attached hydrogen (secondary N) is 2. The first-order valence-electron chi connectivity index (χ1n) is 8.03. The summed E-state index contributed by atoms with van der Waals surface area (Å²) in [6.07, 6.45) is 0. The number of anilines is 1. The molecule has 2 amide bonds. The molecule has 2 N–H and O–H groups in total. The largest absolute Gasteiger partial charge is 0.490 e. The smallest absolute Gasteiger partial charge is 0.325 e. The molecule has 0 saturated heterocycles. The summed E-state index contributed by atoms with van der Waals surface area (Å²) in [5, 5.41) is 15.7. The number of nitro benzene ring substituents is 1. The Morgan fingerprint density at radius 1 is 1.28 bits per heavy atom. The summed E-state index contributed by atoms with van der Waals surface area (Å²) < 4.78 is 15.1. The van der Waals surface area contributed by atoms with E-state index in [1.807, 2.05) is 0 Å². The molecule has 1 aromatic heterocycles. The predicted octanol–water partition coefficient (Wildman–Crippen LogP) is 2.18. The number of hydrogen-bond acceptors (Lipinski definition) is 8. The van der Waals surface area contributed by atoms with E-state index < -0.39 is 35.9 Å². The quantitative estimate of drug-likeness (QED) is 0.339. The van der Waals surface area contributed by atoms with Crippen LogP contribution in [-0.2, 0) is 14.3 Å². The number of nitrogens with zero attached hydrogens (tertiary/aromatic N) is 1. The second-order valence-electron chi connectivity index (χ2n) is 5.59. The standard InChI is InChI=1S/C17H16BrN3O8/c1-9-5-11(21(25)26)13(27-2)6-10(9)20-15(22)8-28-16(23)7-19-17(24)12-3-4-14(18)29-12/h3-6H,7-8H2,1-2H3,(H,19,24)(H,20,22). The number of furan rings is 1. The van der Waals surface area contributed by atoms with Crippen molar-refractivity contribution in [2.45, 2.75) is 6.92 Å². The van der Waals surface area contributed by atoms with E-state index in [9.17, 15) is 24.5 Å². The lowest BCUT2D eigenvalue weighted by molar-refractivity contribution is -0.385. The van der Waals surface area contributed by atoms with Gasteiger partial charge in [0.05, 0.1) is 12.0 Å². The highest BCUT2D eigenvalue weighted by atomic mass is 79.9. The van der Waals surface area contributed by atoms with Crippen molar-refractivity contribution in [2.24, 2.45) is 0 Å². The lowest BCUT2D eigenvalue weighted by Gasteiger charge is -2.11. The van der Waals surface area contributed by atoms with E-state index in [0.717, 1.165) is 0 Å². The second-order valence-corrected chi connectivity index (χ2v) is 6.37. The van der Waals surface area contributed by atoms with Crippen LogP contribution in [0.15, 0.2) is 33.4 Å². The molecular formula is C17H16BrN3O8. The highest BCUT2D eigenvalue weighted by molar-refractivity contribution is 9.10. The van der Waals surface area contributed by atoms with Crippen molar-refractivity contribution in [2.75, 3.05) is 25.6 Å². The minimum Gasteiger partial charge on any atom is -0.490 e. The van der Waals surface area contributed by atoms with Crippen molar-refractivity contribution >= 4 is 45.1 Å². The molecular weight excluding hydrogens is 454 g/mol. The van der Waals surface area contributed by atoms with Gasteiger partial charge in [-0.05, 0) is 40.5 Å². The third kappa shape index (κ3) is 6.04. The Hall–Kier alpha value is -3.41. The molecule has 12 heteroatoms. The van der Waals surface area contributed by atoms with E-state index in [2.05, 4.69) is 26.6 Å². The van der Waals surface area contributed by atoms with Crippen LogP contribution in [0.3, 0.4) is 0 Å². The van der Waals surface area contributed by atoms with Crippen molar-refractivity contribution in [3.05, 3.63) is 50.4 Å². The van der Waals surface area contributed by atoms with Gasteiger partial charge in [-0.2, -0.15) is 0 Å². The van der Waals surface area contributed by atoms with Gasteiger partial charge in [-0.25, -0.2) is 0 Å². The molecule has 1 heterocycles. The molecule has 2 aromatic rings. The first kappa shape index (κ1) is 21.9. The van der Waals surface area contributed by atoms with Crippen molar-refractivity contribution in [3.8, 4) is 5.75 Å². The topological polar surface area (TPSA) is 150 Å². The maximum absolute atomic E-state index is 12.0. The van der Waals surface area contributed by atoms with Crippen LogP contribution in [0.4, 0.5) is 11.4 Å². The van der Waals surface area contributed by atoms with Gasteiger partial charge in [0.1, 0.15) is 6.54 Å². The molecule has 2 rings (SSSR count). The molecule has 0 radical (unpaired) electrons. The van der Waals surface area contributed by atoms with E-state index in [4.69, 9.17) is 13.9 Å². The van der Waals surface area contributed by atoms with E-state index in [-0.39, 0.29) is 22.9 Å². The molecule has 0 unspecified atom stereocenters. The summed E-state index contributed by atoms with van der Waals surface area (Å²) in [5.41, 5.74) is 0.452. The molecule has 11 nitrogen and oxygen atoms in total. The highest BCUT2D eigenvalue weighted by Gasteiger charge is 2.19. The summed E-state index contributed by atoms with van der Waals surface area (Å²) in [7, 11) is 1.26. The fourth-order valence-electron chi connectivity index (χ4n) is 2.17. The zero-order valence-electron chi connectivity index (χ0n) is 15.3. The molecule has 154 valence electrons. The van der Waals surface area contributed by atoms with Gasteiger partial charge in [-0.1, -0.05) is 0 Å². The van der Waals surface area contributed by atoms with Gasteiger partial charge in [0, 0.05) is 17.8 Å². The zero-order chi connectivity index (χ0) is 21.6. The van der Waals surface area contributed by atoms with Crippen LogP contribution < -0.4 is 15.4 Å². The Balaban J connectivity index is 1.85. The fraction of sp³-hybridized carbons (Fsp3) is 0.235. The number of hydrogen-bond donors (Lipinski definition) is 2. The number of nitro groups is 1. The highest BCUT2D eigenvalue weighted by Crippen LogP contribution is 2.32. The van der Waals surface area contributed by atoms with Crippen LogP contribution >= 0.6 is 15.9 Å². The minimum atomic E-state index is -0.836. The van der Waals surface area contributed by atoms with Crippen LogP contribution in [0.25, 0.3) is 0 Å². The maximum Gasteiger partial charge on any atom is 0.325 e. The average Bonchev–Trinajstić information content (AvgIpc) is 3.12. The third-order valence-corrected chi connectivity index (χ3v) is 3.98. The Morgan fingerprint density at radius 3 is 2.59 bits per heavy atom. The fourth-order valence-corrected chi connectivity index (χ4v) is 2.48. The molecule has 1 aromatic carbocycles. The summed E-state index contributed by atoms with van der Waals surface area (Å²) in [4.78, 5) is 45.8. The van der Waals surface area contributed by atoms with Crippen molar-refractivity contribution in [3.63, 3.8) is 0 Å². The van der Waals surface area contributed by atoms with Gasteiger partial charge in [-0.15, -0.1) is 0 Å². The van der Waals surface area contributed by atoms with E-state index in [1.54, 1.807) is 6.92 Å². The number of benzene rings is 1. The molecule has 0 atom stereocenters. The third-order valence-electron chi connectivity index (χ3n) is 3.55. The number of carbonyl (C=O) groups is 3. The summed E-state index contributed by atoms with van der Waals surface area (Å²) >= 11 is 3.05. The van der Waals surface area contributed by atoms with Crippen LogP contribution in [0.5, 0.6) is 5.75 Å². The number of esters is 1. The number of halogens is 1. The van der Waals surface area contributed by atoms with Gasteiger partial charge in [-0.3, -0.25) is 24.5 Å². The van der Waals surface area contributed by atoms with Gasteiger partial charge in [0.2, 0.25) is 0 Å². The molecule has 0 aliphatic carbocycles. The average molecular weight is 470 g/mol. The van der Waals surface area contributed by atoms with E-state index in [0.29, 0.717) is 10.2 Å². The number of methoxy groups -OCH3 is 1. The lowest BCUT2D eigenvalue weighted by Crippen LogP contribution is -2.32. The first-order valence-corrected chi connectivity index (χ1v) is 8.82. The minimum absolute atomic E-state index is 0.00464. The Morgan fingerprint density at radius 2 is 2.00 bits per heavy atom. The molecule has 0 saturated carbocycles. The zero-order valence-corrected chi connectivity index (χ0v) is 16.9. The van der Waals surface area contributed by atoms with E-state index >= 15 is 0 Å². The maximum atomic E-state index is 12.0. The van der Waals surface area contributed by atoms with Crippen LogP contribution in [0.2, 0.25) is 0 Å². The summed E-state index contributed by atoms with van der Waals surface area (Å²) in [6.45, 7) is 0.491. The Labute approximate surface area is 172 Å². The number of aryl methyl sites for hydroxylation is 1. The first-order chi connectivity index (χ1) is 13.7. The van der Waals surface area contributed by atoms with Crippen molar-refractivity contribution in [1.82, 2.24) is 5.32 Å². The number of rotatable bonds is 8. The number of ether oxygens (including phenoxy) is 2. The Bertz CT molecular complexity index is 956. The SMILES string of the molecule is COc1cc(NC(=O)COC(=O)CNC(=O)c2ccc(Br)o2)c(C)cc1[N+](=O)[O-]. The van der Waals surface area contributed by atoms with Crippen LogP contribution in [0.1, 0.15) is 16.1 Å². The van der Waals surface area contributed by atoms with Gasteiger partial charge < -0.3 is 24.5 Å². The molecule has 0 bridgehead atoms. The molecule has 0 aliphatic heterocycles. The number of amides is 2. The summed E-state index contributed by atoms with van der Waals surface area (Å²) in [6, 6.07) is 5.49. The van der Waals surface area contributed by atoms with Gasteiger partial charge in [0.15, 0.2) is 22.8 Å². The van der Waals surface area contributed by atoms with Crippen LogP contribution in [0, 0.1) is 17.0 Å². The molecule has 0 fully saturated rings. The van der Waals surface area contributed by atoms with E-state index in [1.165, 1.54) is 31.4 Å². The lowest BCUT2D eigenvalue weighted by atomic mass is 10.1. The molecule has 0 aliphatic rings. The normalized spacial score (nSPS) is 10.2. The van der Waals surface area contributed by atoms with Gasteiger partial charge in [0.25, 0.3) is 11.8 Å². The number of carbonyl (C=O) groups excluding carboxylic acids is 3. The van der Waals surface area contributed by atoms with Crippen molar-refractivity contribution < 1.29 is 33.2 Å². The van der Waals surface area contributed by atoms with Crippen molar-refractivity contribution in [1.29, 1.82) is 0 Å². The molecule has 29 heavy (non-hydrogen) atoms. The predicted molar refractivity (Wildman–Crippen MR) is 103 cm³/mol. The second kappa shape index (κ2) is 9.68. The van der Waals surface area contributed by atoms with Gasteiger partial charge >= 0.3 is 11.7 Å². The Kier molecular flexibility index (Phi) is 7.31. The molecule has 0 spiro atoms.